The summed E-state index contributed by atoms with van der Waals surface area (Å²) in [5.74, 6) is 2.61. The highest BCUT2D eigenvalue weighted by Crippen LogP contribution is 2.40. The van der Waals surface area contributed by atoms with E-state index in [0.717, 1.165) is 55.2 Å². The smallest absolute Gasteiger partial charge is 0.246 e. The number of aromatic nitrogens is 3. The lowest BCUT2D eigenvalue weighted by Gasteiger charge is -2.43. The van der Waals surface area contributed by atoms with Gasteiger partial charge in [0.15, 0.2) is 15.6 Å². The van der Waals surface area contributed by atoms with E-state index >= 15 is 0 Å². The van der Waals surface area contributed by atoms with Crippen molar-refractivity contribution >= 4 is 33.1 Å². The molecule has 196 valence electrons. The molecule has 0 aromatic carbocycles. The zero-order chi connectivity index (χ0) is 25.7. The number of ether oxygens (including phenoxy) is 1. The van der Waals surface area contributed by atoms with Gasteiger partial charge < -0.3 is 19.9 Å². The highest BCUT2D eigenvalue weighted by molar-refractivity contribution is 7.91. The van der Waals surface area contributed by atoms with Gasteiger partial charge in [0.2, 0.25) is 5.91 Å². The summed E-state index contributed by atoms with van der Waals surface area (Å²) in [4.78, 5) is 31.9. The van der Waals surface area contributed by atoms with Crippen LogP contribution in [0.25, 0.3) is 0 Å². The molecule has 11 nitrogen and oxygen atoms in total. The Bertz CT molecular complexity index is 1350. The van der Waals surface area contributed by atoms with Crippen LogP contribution in [0.1, 0.15) is 29.3 Å². The fourth-order valence-corrected chi connectivity index (χ4v) is 6.84. The minimum atomic E-state index is -2.99. The van der Waals surface area contributed by atoms with Gasteiger partial charge in [-0.15, -0.1) is 0 Å². The van der Waals surface area contributed by atoms with Crippen molar-refractivity contribution in [3.8, 4) is 5.75 Å². The molecule has 4 aliphatic heterocycles. The first-order valence-corrected chi connectivity index (χ1v) is 14.5. The Labute approximate surface area is 216 Å². The lowest BCUT2D eigenvalue weighted by atomic mass is 10.0. The molecule has 0 radical (unpaired) electrons. The fraction of sp³-hybridized carbons (Fsp3) is 0.520. The van der Waals surface area contributed by atoms with Crippen LogP contribution in [0.2, 0.25) is 0 Å². The number of rotatable bonds is 4. The number of amides is 1. The zero-order valence-corrected chi connectivity index (χ0v) is 21.7. The average molecular weight is 526 g/mol. The summed E-state index contributed by atoms with van der Waals surface area (Å²) in [5.41, 5.74) is 3.48. The molecule has 2 aromatic heterocycles. The Morgan fingerprint density at radius 3 is 2.73 bits per heavy atom. The highest BCUT2D eigenvalue weighted by Gasteiger charge is 2.38. The Kier molecular flexibility index (Phi) is 6.03. The van der Waals surface area contributed by atoms with E-state index < -0.39 is 9.84 Å². The van der Waals surface area contributed by atoms with Crippen LogP contribution >= 0.6 is 0 Å². The monoisotopic (exact) mass is 525 g/mol. The van der Waals surface area contributed by atoms with E-state index in [2.05, 4.69) is 32.8 Å². The van der Waals surface area contributed by atoms with Crippen LogP contribution < -0.4 is 15.0 Å². The molecule has 6 heterocycles. The molecule has 1 atom stereocenters. The number of likely N-dealkylation sites (tertiary alicyclic amines) is 2. The van der Waals surface area contributed by atoms with Crippen molar-refractivity contribution < 1.29 is 17.9 Å². The van der Waals surface area contributed by atoms with E-state index in [1.54, 1.807) is 0 Å². The maximum atomic E-state index is 11.9. The van der Waals surface area contributed by atoms with E-state index in [-0.39, 0.29) is 24.0 Å². The van der Waals surface area contributed by atoms with Gasteiger partial charge in [0, 0.05) is 50.4 Å². The van der Waals surface area contributed by atoms with Crippen LogP contribution in [0, 0.1) is 6.92 Å². The Morgan fingerprint density at radius 1 is 1.19 bits per heavy atom. The van der Waals surface area contributed by atoms with Crippen molar-refractivity contribution in [1.82, 2.24) is 24.8 Å². The van der Waals surface area contributed by atoms with Crippen LogP contribution in [-0.4, -0.2) is 95.9 Å². The molecule has 6 rings (SSSR count). The van der Waals surface area contributed by atoms with Crippen LogP contribution in [0.5, 0.6) is 5.75 Å². The van der Waals surface area contributed by atoms with Crippen molar-refractivity contribution in [2.24, 2.45) is 0 Å². The van der Waals surface area contributed by atoms with Crippen molar-refractivity contribution in [2.45, 2.75) is 31.9 Å². The summed E-state index contributed by atoms with van der Waals surface area (Å²) in [6, 6.07) is 2.46. The molecule has 3 saturated heterocycles. The van der Waals surface area contributed by atoms with E-state index in [9.17, 15) is 13.2 Å². The van der Waals surface area contributed by atoms with E-state index in [1.807, 2.05) is 16.7 Å². The van der Waals surface area contributed by atoms with Crippen LogP contribution in [0.3, 0.4) is 0 Å². The first-order valence-electron chi connectivity index (χ1n) is 12.7. The molecular formula is C25H31N7O4S. The molecule has 4 aliphatic rings. The molecule has 0 unspecified atom stereocenters. The number of carbonyl (C=O) groups is 1. The normalized spacial score (nSPS) is 23.2. The number of sulfone groups is 1. The second kappa shape index (κ2) is 9.25. The van der Waals surface area contributed by atoms with Gasteiger partial charge in [-0.1, -0.05) is 6.58 Å². The molecule has 0 bridgehead atoms. The summed E-state index contributed by atoms with van der Waals surface area (Å²) in [5, 5.41) is 3.46. The van der Waals surface area contributed by atoms with Gasteiger partial charge in [0.1, 0.15) is 24.6 Å². The average Bonchev–Trinajstić information content (AvgIpc) is 3.24. The largest absolute Gasteiger partial charge is 0.485 e. The molecule has 0 saturated carbocycles. The lowest BCUT2D eigenvalue weighted by molar-refractivity contribution is -0.132. The van der Waals surface area contributed by atoms with Gasteiger partial charge in [-0.2, -0.15) is 0 Å². The molecule has 1 amide bonds. The summed E-state index contributed by atoms with van der Waals surface area (Å²) < 4.78 is 30.0. The Morgan fingerprint density at radius 2 is 1.97 bits per heavy atom. The molecular weight excluding hydrogens is 494 g/mol. The predicted octanol–water partition coefficient (Wildman–Crippen LogP) is 1.24. The number of hydrogen-bond donors (Lipinski definition) is 1. The number of nitrogens with zero attached hydrogens (tertiary/aromatic N) is 6. The topological polar surface area (TPSA) is 121 Å². The summed E-state index contributed by atoms with van der Waals surface area (Å²) in [6.45, 7) is 10.0. The fourth-order valence-electron chi connectivity index (χ4n) is 5.64. The third-order valence-electron chi connectivity index (χ3n) is 7.85. The zero-order valence-electron chi connectivity index (χ0n) is 20.9. The van der Waals surface area contributed by atoms with Gasteiger partial charge in [0.25, 0.3) is 0 Å². The summed E-state index contributed by atoms with van der Waals surface area (Å²) >= 11 is 0. The van der Waals surface area contributed by atoms with Crippen LogP contribution in [0.15, 0.2) is 25.0 Å². The second-order valence-electron chi connectivity index (χ2n) is 10.2. The van der Waals surface area contributed by atoms with E-state index in [0.29, 0.717) is 42.4 Å². The highest BCUT2D eigenvalue weighted by atomic mass is 32.2. The summed E-state index contributed by atoms with van der Waals surface area (Å²) in [6.07, 6.45) is 3.90. The van der Waals surface area contributed by atoms with Gasteiger partial charge >= 0.3 is 0 Å². The maximum Gasteiger partial charge on any atom is 0.246 e. The third kappa shape index (κ3) is 4.52. The molecule has 1 N–H and O–H groups in total. The number of anilines is 3. The molecule has 3 fully saturated rings. The minimum Gasteiger partial charge on any atom is -0.485 e. The number of nitrogens with one attached hydrogen (secondary N) is 1. The van der Waals surface area contributed by atoms with Gasteiger partial charge in [-0.25, -0.2) is 18.4 Å². The van der Waals surface area contributed by atoms with Gasteiger partial charge in [-0.3, -0.25) is 14.7 Å². The number of aryl methyl sites for hydroxylation is 1. The van der Waals surface area contributed by atoms with E-state index in [1.165, 1.54) is 12.4 Å². The SMILES string of the molecule is C=CC(=O)N1CC(N2CC[C@@H](c3cc4c(c(C)n3)OCc3c(ncnc3N3CCS(=O)(=O)CC3)N4)C2)C1. The molecule has 37 heavy (non-hydrogen) atoms. The molecule has 2 aromatic rings. The number of hydrogen-bond acceptors (Lipinski definition) is 10. The number of pyridine rings is 1. The maximum absolute atomic E-state index is 11.9. The molecule has 0 spiro atoms. The Hall–Kier alpha value is -3.25. The minimum absolute atomic E-state index is 0.00122. The first kappa shape index (κ1) is 24.1. The van der Waals surface area contributed by atoms with Crippen LogP contribution in [0.4, 0.5) is 17.3 Å². The number of carbonyl (C=O) groups excluding carboxylic acids is 1. The van der Waals surface area contributed by atoms with Crippen molar-refractivity contribution in [1.29, 1.82) is 0 Å². The summed E-state index contributed by atoms with van der Waals surface area (Å²) in [7, 11) is -2.99. The van der Waals surface area contributed by atoms with Crippen LogP contribution in [-0.2, 0) is 21.2 Å². The van der Waals surface area contributed by atoms with Crippen molar-refractivity contribution in [2.75, 3.05) is 61.0 Å². The van der Waals surface area contributed by atoms with Crippen molar-refractivity contribution in [3.05, 3.63) is 42.0 Å². The Balaban J connectivity index is 1.20. The lowest BCUT2D eigenvalue weighted by Crippen LogP contribution is -2.60. The first-order chi connectivity index (χ1) is 17.8. The molecule has 12 heteroatoms. The predicted molar refractivity (Wildman–Crippen MR) is 139 cm³/mol. The third-order valence-corrected chi connectivity index (χ3v) is 9.45. The standard InChI is InChI=1S/C25H31N7O4S/c1-3-22(33)32-12-18(13-32)31-5-4-17(11-31)20-10-21-23(16(2)28-20)36-14-19-24(29-21)26-15-27-25(19)30-6-8-37(34,35)9-7-30/h3,10,15,17-18H,1,4-9,11-14H2,2H3,(H,26,27,29)/t17-/m1/s1. The van der Waals surface area contributed by atoms with Crippen molar-refractivity contribution in [3.63, 3.8) is 0 Å². The van der Waals surface area contributed by atoms with Gasteiger partial charge in [-0.05, 0) is 32.0 Å². The molecule has 0 aliphatic carbocycles. The quantitative estimate of drug-likeness (QED) is 0.584. The number of fused-ring (bicyclic) bond motifs is 2. The van der Waals surface area contributed by atoms with E-state index in [4.69, 9.17) is 9.72 Å². The van der Waals surface area contributed by atoms with Gasteiger partial charge in [0.05, 0.1) is 28.5 Å². The second-order valence-corrected chi connectivity index (χ2v) is 12.5.